The zero-order valence-electron chi connectivity index (χ0n) is 12.0. The minimum Gasteiger partial charge on any atom is -0.351 e. The Hall–Kier alpha value is 0.0969. The van der Waals surface area contributed by atoms with Crippen LogP contribution in [0.5, 0.6) is 0 Å². The molecule has 0 aliphatic carbocycles. The molecule has 1 aliphatic heterocycles. The van der Waals surface area contributed by atoms with Gasteiger partial charge in [0.15, 0.2) is 16.2 Å². The molecule has 1 heterocycles. The van der Waals surface area contributed by atoms with E-state index in [0.29, 0.717) is 6.35 Å². The average Bonchev–Trinajstić information content (AvgIpc) is 2.32. The van der Waals surface area contributed by atoms with Gasteiger partial charge in [0.1, 0.15) is 0 Å². The third-order valence-electron chi connectivity index (χ3n) is 3.31. The topological polar surface area (TPSA) is 15.7 Å². The van der Waals surface area contributed by atoms with Gasteiger partial charge in [0.05, 0.1) is 6.61 Å². The Morgan fingerprint density at radius 3 is 2.24 bits per heavy atom. The third-order valence-corrected chi connectivity index (χ3v) is 5.30. The van der Waals surface area contributed by atoms with Crippen LogP contribution >= 0.6 is 0 Å². The van der Waals surface area contributed by atoms with Gasteiger partial charge >= 0.3 is 0 Å². The van der Waals surface area contributed by atoms with Crippen molar-refractivity contribution >= 4 is 9.84 Å². The van der Waals surface area contributed by atoms with Crippen molar-refractivity contribution in [1.29, 1.82) is 0 Å². The van der Waals surface area contributed by atoms with Gasteiger partial charge in [-0.25, -0.2) is 0 Å². The molecule has 1 atom stereocenters. The number of nitrogens with zero attached hydrogens (tertiary/aromatic N) is 2. The third kappa shape index (κ3) is 5.08. The lowest BCUT2D eigenvalue weighted by Gasteiger charge is -2.50. The van der Waals surface area contributed by atoms with Crippen molar-refractivity contribution in [2.24, 2.45) is 0 Å². The van der Waals surface area contributed by atoms with E-state index in [1.807, 2.05) is 0 Å². The van der Waals surface area contributed by atoms with Gasteiger partial charge in [0.2, 0.25) is 0 Å². The molecule has 0 N–H and O–H groups in total. The summed E-state index contributed by atoms with van der Waals surface area (Å²) in [5.74, 6) is 0. The van der Waals surface area contributed by atoms with Gasteiger partial charge in [-0.15, -0.1) is 0 Å². The van der Waals surface area contributed by atoms with Crippen LogP contribution in [-0.4, -0.2) is 45.0 Å². The molecule has 3 nitrogen and oxygen atoms in total. The van der Waals surface area contributed by atoms with Crippen molar-refractivity contribution in [2.45, 2.75) is 65.6 Å². The summed E-state index contributed by atoms with van der Waals surface area (Å²) in [6.45, 7) is 10.2. The summed E-state index contributed by atoms with van der Waals surface area (Å²) < 4.78 is 11.2. The predicted octanol–water partition coefficient (Wildman–Crippen LogP) is 2.30. The maximum atomic E-state index is 6.01. The van der Waals surface area contributed by atoms with Crippen LogP contribution in [0.25, 0.3) is 0 Å². The maximum Gasteiger partial charge on any atom is 0.179 e. The number of unbranched alkanes of at least 4 members (excludes halogenated alkanes) is 3. The molecule has 0 aromatic rings. The molecule has 0 aromatic heterocycles. The number of hydrogen-bond acceptors (Lipinski definition) is 3. The second-order valence-electron chi connectivity index (χ2n) is 5.02. The molecule has 0 amide bonds. The smallest absolute Gasteiger partial charge is 0.179 e. The molecule has 0 spiro atoms. The Morgan fingerprint density at radius 2 is 1.59 bits per heavy atom. The minimum absolute atomic E-state index is 0.146. The van der Waals surface area contributed by atoms with E-state index >= 15 is 0 Å². The Kier molecular flexibility index (Phi) is 8.10. The molecule has 17 heavy (non-hydrogen) atoms. The van der Waals surface area contributed by atoms with Crippen LogP contribution in [-0.2, 0) is 4.74 Å². The van der Waals surface area contributed by atoms with Crippen molar-refractivity contribution in [3.05, 3.63) is 0 Å². The normalized spacial score (nSPS) is 23.1. The second kappa shape index (κ2) is 9.08. The zero-order valence-corrected chi connectivity index (χ0v) is 13.4. The lowest BCUT2D eigenvalue weighted by Crippen LogP contribution is -2.67. The minimum atomic E-state index is -0.146. The van der Waals surface area contributed by atoms with Gasteiger partial charge in [-0.2, -0.15) is 0 Å². The Labute approximate surface area is 109 Å². The lowest BCUT2D eigenvalue weighted by molar-refractivity contribution is -0.135. The molecular formula is C13H30N2OSi. The van der Waals surface area contributed by atoms with E-state index in [1.54, 1.807) is 0 Å². The van der Waals surface area contributed by atoms with Crippen molar-refractivity contribution in [3.63, 3.8) is 0 Å². The molecule has 102 valence electrons. The van der Waals surface area contributed by atoms with Crippen LogP contribution in [0.3, 0.4) is 0 Å². The van der Waals surface area contributed by atoms with Gasteiger partial charge in [-0.1, -0.05) is 40.0 Å². The average molecular weight is 258 g/mol. The summed E-state index contributed by atoms with van der Waals surface area (Å²) in [4.78, 5) is 0. The number of ether oxygens (including phenoxy) is 1. The van der Waals surface area contributed by atoms with E-state index in [9.17, 15) is 0 Å². The largest absolute Gasteiger partial charge is 0.351 e. The maximum absolute atomic E-state index is 6.01. The van der Waals surface area contributed by atoms with Crippen molar-refractivity contribution in [2.75, 3.05) is 19.7 Å². The van der Waals surface area contributed by atoms with E-state index in [2.05, 4.69) is 29.9 Å². The predicted molar refractivity (Wildman–Crippen MR) is 76.4 cm³/mol. The van der Waals surface area contributed by atoms with Crippen molar-refractivity contribution in [1.82, 2.24) is 9.13 Å². The first-order valence-corrected chi connectivity index (χ1v) is 8.69. The van der Waals surface area contributed by atoms with Gasteiger partial charge in [0.25, 0.3) is 0 Å². The molecule has 0 bridgehead atoms. The molecule has 1 fully saturated rings. The van der Waals surface area contributed by atoms with Crippen LogP contribution in [0.1, 0.15) is 59.3 Å². The van der Waals surface area contributed by atoms with E-state index < -0.39 is 0 Å². The highest BCUT2D eigenvalue weighted by atomic mass is 28.2. The van der Waals surface area contributed by atoms with Gasteiger partial charge in [-0.3, -0.25) is 9.13 Å². The SMILES string of the molecule is CCCCCN1[SiH2]N(CCC)C1OCCCC. The summed E-state index contributed by atoms with van der Waals surface area (Å²) in [7, 11) is -0.146. The standard InChI is InChI=1S/C13H30N2OSi/c1-4-7-9-11-15-13(16-12-8-5-2)14(17-15)10-6-3/h13H,4-12,17H2,1-3H3. The highest BCUT2D eigenvalue weighted by molar-refractivity contribution is 6.31. The fraction of sp³-hybridized carbons (Fsp3) is 1.00. The van der Waals surface area contributed by atoms with Crippen LogP contribution in [0.4, 0.5) is 0 Å². The fourth-order valence-electron chi connectivity index (χ4n) is 2.27. The molecule has 1 rings (SSSR count). The first-order valence-electron chi connectivity index (χ1n) is 7.43. The van der Waals surface area contributed by atoms with Crippen LogP contribution in [0, 0.1) is 0 Å². The molecule has 0 saturated carbocycles. The van der Waals surface area contributed by atoms with E-state index in [0.717, 1.165) is 6.61 Å². The highest BCUT2D eigenvalue weighted by Gasteiger charge is 2.36. The first kappa shape index (κ1) is 15.2. The fourth-order valence-corrected chi connectivity index (χ4v) is 4.20. The zero-order chi connectivity index (χ0) is 12.5. The summed E-state index contributed by atoms with van der Waals surface area (Å²) in [6, 6.07) is 0. The number of hydrogen-bond donors (Lipinski definition) is 0. The first-order chi connectivity index (χ1) is 8.33. The summed E-state index contributed by atoms with van der Waals surface area (Å²) in [5.41, 5.74) is 0. The van der Waals surface area contributed by atoms with E-state index in [-0.39, 0.29) is 9.84 Å². The monoisotopic (exact) mass is 258 g/mol. The van der Waals surface area contributed by atoms with Crippen molar-refractivity contribution in [3.8, 4) is 0 Å². The van der Waals surface area contributed by atoms with Crippen molar-refractivity contribution < 1.29 is 4.74 Å². The lowest BCUT2D eigenvalue weighted by atomic mass is 10.2. The van der Waals surface area contributed by atoms with Crippen LogP contribution in [0.2, 0.25) is 0 Å². The summed E-state index contributed by atoms with van der Waals surface area (Å²) in [5, 5.41) is 0. The van der Waals surface area contributed by atoms with E-state index in [4.69, 9.17) is 4.74 Å². The summed E-state index contributed by atoms with van der Waals surface area (Å²) in [6.07, 6.45) is 8.04. The quantitative estimate of drug-likeness (QED) is 0.442. The highest BCUT2D eigenvalue weighted by Crippen LogP contribution is 2.19. The molecule has 1 aliphatic rings. The van der Waals surface area contributed by atoms with Gasteiger partial charge < -0.3 is 4.74 Å². The van der Waals surface area contributed by atoms with Gasteiger partial charge in [-0.05, 0) is 32.4 Å². The van der Waals surface area contributed by atoms with Gasteiger partial charge in [0, 0.05) is 0 Å². The Balaban J connectivity index is 2.22. The molecule has 4 heteroatoms. The Morgan fingerprint density at radius 1 is 0.882 bits per heavy atom. The van der Waals surface area contributed by atoms with Crippen LogP contribution < -0.4 is 0 Å². The number of rotatable bonds is 10. The molecule has 1 unspecified atom stereocenters. The molecular weight excluding hydrogens is 228 g/mol. The van der Waals surface area contributed by atoms with E-state index in [1.165, 1.54) is 51.6 Å². The van der Waals surface area contributed by atoms with Crippen LogP contribution in [0.15, 0.2) is 0 Å². The molecule has 0 radical (unpaired) electrons. The molecule has 0 aromatic carbocycles. The molecule has 1 saturated heterocycles. The Bertz CT molecular complexity index is 190. The second-order valence-corrected chi connectivity index (χ2v) is 6.93. The summed E-state index contributed by atoms with van der Waals surface area (Å²) >= 11 is 0.